The highest BCUT2D eigenvalue weighted by Gasteiger charge is 2.04. The Kier molecular flexibility index (Phi) is 14.7. The third kappa shape index (κ3) is 10.7. The predicted octanol–water partition coefficient (Wildman–Crippen LogP) is 8.40. The first-order valence-electron chi connectivity index (χ1n) is 14.0. The number of nitrogens with one attached hydrogen (secondary N) is 2. The van der Waals surface area contributed by atoms with Crippen LogP contribution in [-0.2, 0) is 28.9 Å². The Balaban J connectivity index is 0.000000268. The molecule has 0 radical (unpaired) electrons. The molecule has 0 atom stereocenters. The quantitative estimate of drug-likeness (QED) is 0.189. The number of methoxy groups -OCH3 is 2. The van der Waals surface area contributed by atoms with Crippen molar-refractivity contribution in [3.05, 3.63) is 83.3 Å². The summed E-state index contributed by atoms with van der Waals surface area (Å²) in [6, 6.07) is 16.6. The van der Waals surface area contributed by atoms with Gasteiger partial charge in [0.1, 0.15) is 5.75 Å². The van der Waals surface area contributed by atoms with Gasteiger partial charge < -0.3 is 24.5 Å². The Morgan fingerprint density at radius 1 is 0.872 bits per heavy atom. The van der Waals surface area contributed by atoms with Crippen LogP contribution in [0.3, 0.4) is 0 Å². The van der Waals surface area contributed by atoms with Crippen molar-refractivity contribution in [2.24, 2.45) is 0 Å². The van der Waals surface area contributed by atoms with Crippen LogP contribution in [0.15, 0.2) is 60.9 Å². The number of benzene rings is 2. The average Bonchev–Trinajstić information content (AvgIpc) is 3.35. The molecule has 0 aliphatic carbocycles. The van der Waals surface area contributed by atoms with Crippen LogP contribution in [0.25, 0.3) is 10.9 Å². The minimum absolute atomic E-state index is 0.493. The van der Waals surface area contributed by atoms with Gasteiger partial charge in [0.2, 0.25) is 0 Å². The zero-order valence-corrected chi connectivity index (χ0v) is 24.9. The summed E-state index contributed by atoms with van der Waals surface area (Å²) in [5.41, 5.74) is 8.27. The van der Waals surface area contributed by atoms with Gasteiger partial charge in [-0.2, -0.15) is 0 Å². The summed E-state index contributed by atoms with van der Waals surface area (Å²) >= 11 is 0. The highest BCUT2D eigenvalue weighted by Crippen LogP contribution is 2.24. The number of fused-ring (bicyclic) bond motifs is 1. The normalized spacial score (nSPS) is 10.3. The highest BCUT2D eigenvalue weighted by molar-refractivity contribution is 5.84. The SMILES string of the molecule is CCC.CCCc1c[nH]c2cc(OC)ccc12.CCc1cc(Nc2ccnc(COCCOC)c2)ccc1C. The van der Waals surface area contributed by atoms with Crippen LogP contribution in [0.4, 0.5) is 11.4 Å². The zero-order chi connectivity index (χ0) is 28.5. The Hall–Kier alpha value is -3.35. The number of hydrogen-bond donors (Lipinski definition) is 2. The molecular formula is C33H47N3O3. The second-order valence-corrected chi connectivity index (χ2v) is 9.38. The fraction of sp³-hybridized carbons (Fsp3) is 0.424. The smallest absolute Gasteiger partial charge is 0.120 e. The van der Waals surface area contributed by atoms with Gasteiger partial charge in [-0.1, -0.05) is 46.6 Å². The van der Waals surface area contributed by atoms with Crippen LogP contribution in [0, 0.1) is 6.92 Å². The molecule has 2 heterocycles. The first-order valence-corrected chi connectivity index (χ1v) is 14.0. The summed E-state index contributed by atoms with van der Waals surface area (Å²) in [4.78, 5) is 7.59. The lowest BCUT2D eigenvalue weighted by molar-refractivity contribution is 0.0602. The van der Waals surface area contributed by atoms with Gasteiger partial charge in [-0.25, -0.2) is 0 Å². The van der Waals surface area contributed by atoms with Gasteiger partial charge >= 0.3 is 0 Å². The van der Waals surface area contributed by atoms with Crippen molar-refractivity contribution in [2.75, 3.05) is 32.8 Å². The lowest BCUT2D eigenvalue weighted by Gasteiger charge is -2.11. The molecule has 2 aromatic carbocycles. The lowest BCUT2D eigenvalue weighted by atomic mass is 10.1. The summed E-state index contributed by atoms with van der Waals surface area (Å²) in [6.45, 7) is 12.4. The number of rotatable bonds is 11. The van der Waals surface area contributed by atoms with E-state index in [1.807, 2.05) is 24.3 Å². The molecule has 4 aromatic rings. The molecule has 0 aliphatic rings. The molecule has 0 bridgehead atoms. The van der Waals surface area contributed by atoms with Crippen molar-refractivity contribution in [1.82, 2.24) is 9.97 Å². The molecule has 6 heteroatoms. The summed E-state index contributed by atoms with van der Waals surface area (Å²) in [6.07, 6.45) is 8.49. The number of aromatic amines is 1. The fourth-order valence-electron chi connectivity index (χ4n) is 4.02. The maximum absolute atomic E-state index is 5.50. The van der Waals surface area contributed by atoms with Crippen molar-refractivity contribution in [3.63, 3.8) is 0 Å². The van der Waals surface area contributed by atoms with Gasteiger partial charge in [0.25, 0.3) is 0 Å². The maximum atomic E-state index is 5.50. The van der Waals surface area contributed by atoms with Gasteiger partial charge in [-0.05, 0) is 72.9 Å². The number of aryl methyl sites for hydroxylation is 3. The van der Waals surface area contributed by atoms with E-state index < -0.39 is 0 Å². The number of nitrogens with zero attached hydrogens (tertiary/aromatic N) is 1. The van der Waals surface area contributed by atoms with E-state index in [1.54, 1.807) is 20.4 Å². The van der Waals surface area contributed by atoms with Crippen molar-refractivity contribution < 1.29 is 14.2 Å². The van der Waals surface area contributed by atoms with E-state index >= 15 is 0 Å². The summed E-state index contributed by atoms with van der Waals surface area (Å²) in [5.74, 6) is 0.905. The molecule has 0 unspecified atom stereocenters. The van der Waals surface area contributed by atoms with Gasteiger partial charge in [0.05, 0.1) is 32.6 Å². The number of ether oxygens (including phenoxy) is 3. The van der Waals surface area contributed by atoms with Crippen LogP contribution in [0.1, 0.15) is 62.9 Å². The molecule has 2 N–H and O–H groups in total. The van der Waals surface area contributed by atoms with Gasteiger partial charge in [-0.15, -0.1) is 0 Å². The standard InChI is InChI=1S/C18H24N2O2.C12H15NO.C3H8/c1-4-15-11-16(6-5-14(15)2)20-17-7-8-19-18(12-17)13-22-10-9-21-3;1-3-4-9-8-13-12-7-10(14-2)5-6-11(9)12;1-3-2/h5-8,11-12H,4,9-10,13H2,1-3H3,(H,19,20);5-8,13H,3-4H2,1-2H3;3H2,1-2H3. The van der Waals surface area contributed by atoms with Crippen LogP contribution >= 0.6 is 0 Å². The van der Waals surface area contributed by atoms with Crippen LogP contribution in [0.2, 0.25) is 0 Å². The van der Waals surface area contributed by atoms with Crippen molar-refractivity contribution >= 4 is 22.3 Å². The molecule has 0 amide bonds. The number of H-pyrrole nitrogens is 1. The number of hydrogen-bond acceptors (Lipinski definition) is 5. The molecular weight excluding hydrogens is 486 g/mol. The third-order valence-electron chi connectivity index (χ3n) is 6.01. The van der Waals surface area contributed by atoms with E-state index in [0.29, 0.717) is 19.8 Å². The minimum atomic E-state index is 0.493. The Bertz CT molecular complexity index is 1240. The van der Waals surface area contributed by atoms with Gasteiger partial charge in [0.15, 0.2) is 0 Å². The second-order valence-electron chi connectivity index (χ2n) is 9.38. The summed E-state index contributed by atoms with van der Waals surface area (Å²) < 4.78 is 15.6. The number of aromatic nitrogens is 2. The van der Waals surface area contributed by atoms with Gasteiger partial charge in [0, 0.05) is 47.8 Å². The van der Waals surface area contributed by atoms with E-state index in [1.165, 1.54) is 34.9 Å². The van der Waals surface area contributed by atoms with Crippen LogP contribution in [-0.4, -0.2) is 37.4 Å². The fourth-order valence-corrected chi connectivity index (χ4v) is 4.02. The molecule has 0 saturated carbocycles. The third-order valence-corrected chi connectivity index (χ3v) is 6.01. The highest BCUT2D eigenvalue weighted by atomic mass is 16.5. The minimum Gasteiger partial charge on any atom is -0.497 e. The second kappa shape index (κ2) is 18.0. The Morgan fingerprint density at radius 2 is 1.64 bits per heavy atom. The topological polar surface area (TPSA) is 68.4 Å². The largest absolute Gasteiger partial charge is 0.497 e. The molecule has 39 heavy (non-hydrogen) atoms. The molecule has 0 saturated heterocycles. The van der Waals surface area contributed by atoms with E-state index in [-0.39, 0.29) is 0 Å². The molecule has 6 nitrogen and oxygen atoms in total. The molecule has 2 aromatic heterocycles. The van der Waals surface area contributed by atoms with Crippen LogP contribution in [0.5, 0.6) is 5.75 Å². The summed E-state index contributed by atoms with van der Waals surface area (Å²) in [5, 5.41) is 4.74. The summed E-state index contributed by atoms with van der Waals surface area (Å²) in [7, 11) is 3.36. The Labute approximate surface area is 235 Å². The van der Waals surface area contributed by atoms with Crippen molar-refractivity contribution in [3.8, 4) is 5.75 Å². The van der Waals surface area contributed by atoms with E-state index in [9.17, 15) is 0 Å². The molecule has 0 fully saturated rings. The Morgan fingerprint density at radius 3 is 2.33 bits per heavy atom. The average molecular weight is 534 g/mol. The first kappa shape index (κ1) is 31.9. The molecule has 0 aliphatic heterocycles. The predicted molar refractivity (Wildman–Crippen MR) is 164 cm³/mol. The molecule has 4 rings (SSSR count). The first-order chi connectivity index (χ1) is 19.0. The number of anilines is 2. The van der Waals surface area contributed by atoms with Crippen molar-refractivity contribution in [1.29, 1.82) is 0 Å². The van der Waals surface area contributed by atoms with E-state index in [2.05, 4.69) is 80.4 Å². The monoisotopic (exact) mass is 533 g/mol. The van der Waals surface area contributed by atoms with Gasteiger partial charge in [-0.3, -0.25) is 4.98 Å². The number of pyridine rings is 1. The van der Waals surface area contributed by atoms with E-state index in [0.717, 1.165) is 41.2 Å². The van der Waals surface area contributed by atoms with E-state index in [4.69, 9.17) is 14.2 Å². The molecule has 0 spiro atoms. The maximum Gasteiger partial charge on any atom is 0.120 e. The molecule has 212 valence electrons. The van der Waals surface area contributed by atoms with Crippen molar-refractivity contribution in [2.45, 2.75) is 66.9 Å². The zero-order valence-electron chi connectivity index (χ0n) is 24.9. The van der Waals surface area contributed by atoms with Crippen LogP contribution < -0.4 is 10.1 Å². The lowest BCUT2D eigenvalue weighted by Crippen LogP contribution is -2.03.